The summed E-state index contributed by atoms with van der Waals surface area (Å²) in [5, 5.41) is 2.75. The van der Waals surface area contributed by atoms with E-state index in [1.54, 1.807) is 6.07 Å². The number of ether oxygens (including phenoxy) is 1. The summed E-state index contributed by atoms with van der Waals surface area (Å²) in [5.74, 6) is -0.144. The Morgan fingerprint density at radius 1 is 1.16 bits per heavy atom. The predicted molar refractivity (Wildman–Crippen MR) is 90.7 cm³/mol. The standard InChI is InChI=1S/C19H20F3NO2/c1-3-13(2)16-9-4-5-10-17(16)23-18(24)12-25-15-8-6-7-14(11-15)19(20,21)22/h4-11,13H,3,12H2,1-2H3,(H,23,24). The van der Waals surface area contributed by atoms with Crippen molar-refractivity contribution in [3.63, 3.8) is 0 Å². The van der Waals surface area contributed by atoms with Gasteiger partial charge in [0.15, 0.2) is 6.61 Å². The lowest BCUT2D eigenvalue weighted by Crippen LogP contribution is -2.21. The molecule has 0 spiro atoms. The Kier molecular flexibility index (Phi) is 6.07. The van der Waals surface area contributed by atoms with Crippen LogP contribution in [0.15, 0.2) is 48.5 Å². The first-order valence-electron chi connectivity index (χ1n) is 8.00. The van der Waals surface area contributed by atoms with E-state index in [4.69, 9.17) is 4.74 Å². The summed E-state index contributed by atoms with van der Waals surface area (Å²) < 4.78 is 43.2. The van der Waals surface area contributed by atoms with Gasteiger partial charge in [-0.2, -0.15) is 13.2 Å². The first-order chi connectivity index (χ1) is 11.8. The molecule has 3 nitrogen and oxygen atoms in total. The molecule has 1 amide bonds. The Labute approximate surface area is 144 Å². The Morgan fingerprint density at radius 2 is 1.88 bits per heavy atom. The van der Waals surface area contributed by atoms with Crippen LogP contribution in [-0.2, 0) is 11.0 Å². The van der Waals surface area contributed by atoms with Crippen LogP contribution in [0.2, 0.25) is 0 Å². The van der Waals surface area contributed by atoms with E-state index in [0.717, 1.165) is 24.1 Å². The number of halogens is 3. The molecule has 0 fully saturated rings. The molecule has 25 heavy (non-hydrogen) atoms. The first-order valence-corrected chi connectivity index (χ1v) is 8.00. The third kappa shape index (κ3) is 5.24. The molecule has 1 atom stereocenters. The highest BCUT2D eigenvalue weighted by molar-refractivity contribution is 5.92. The zero-order valence-corrected chi connectivity index (χ0v) is 14.1. The van der Waals surface area contributed by atoms with Crippen LogP contribution >= 0.6 is 0 Å². The zero-order valence-electron chi connectivity index (χ0n) is 14.1. The minimum atomic E-state index is -4.45. The number of carbonyl (C=O) groups is 1. The molecule has 0 heterocycles. The minimum Gasteiger partial charge on any atom is -0.484 e. The van der Waals surface area contributed by atoms with E-state index in [2.05, 4.69) is 19.2 Å². The number of amides is 1. The Morgan fingerprint density at radius 3 is 2.56 bits per heavy atom. The van der Waals surface area contributed by atoms with Gasteiger partial charge >= 0.3 is 6.18 Å². The highest BCUT2D eigenvalue weighted by atomic mass is 19.4. The van der Waals surface area contributed by atoms with Crippen LogP contribution in [0, 0.1) is 0 Å². The topological polar surface area (TPSA) is 38.3 Å². The maximum absolute atomic E-state index is 12.7. The summed E-state index contributed by atoms with van der Waals surface area (Å²) >= 11 is 0. The van der Waals surface area contributed by atoms with Gasteiger partial charge in [-0.05, 0) is 42.2 Å². The second-order valence-electron chi connectivity index (χ2n) is 5.76. The summed E-state index contributed by atoms with van der Waals surface area (Å²) in [6.45, 7) is 3.75. The van der Waals surface area contributed by atoms with Gasteiger partial charge in [-0.3, -0.25) is 4.79 Å². The van der Waals surface area contributed by atoms with Crippen LogP contribution in [0.1, 0.15) is 37.3 Å². The highest BCUT2D eigenvalue weighted by Crippen LogP contribution is 2.31. The minimum absolute atomic E-state index is 0.000173. The fourth-order valence-electron chi connectivity index (χ4n) is 2.36. The van der Waals surface area contributed by atoms with Crippen LogP contribution in [0.4, 0.5) is 18.9 Å². The maximum Gasteiger partial charge on any atom is 0.416 e. The van der Waals surface area contributed by atoms with Gasteiger partial charge < -0.3 is 10.1 Å². The van der Waals surface area contributed by atoms with Gasteiger partial charge in [0.1, 0.15) is 5.75 Å². The van der Waals surface area contributed by atoms with E-state index in [1.165, 1.54) is 12.1 Å². The Balaban J connectivity index is 2.00. The molecule has 134 valence electrons. The second-order valence-corrected chi connectivity index (χ2v) is 5.76. The molecule has 0 bridgehead atoms. The van der Waals surface area contributed by atoms with E-state index in [-0.39, 0.29) is 18.3 Å². The third-order valence-corrected chi connectivity index (χ3v) is 3.91. The SMILES string of the molecule is CCC(C)c1ccccc1NC(=O)COc1cccc(C(F)(F)F)c1. The number of hydrogen-bond donors (Lipinski definition) is 1. The van der Waals surface area contributed by atoms with Crippen molar-refractivity contribution >= 4 is 11.6 Å². The largest absolute Gasteiger partial charge is 0.484 e. The normalized spacial score (nSPS) is 12.5. The molecular weight excluding hydrogens is 331 g/mol. The average Bonchev–Trinajstić information content (AvgIpc) is 2.59. The molecule has 2 aromatic rings. The van der Waals surface area contributed by atoms with Crippen LogP contribution in [0.25, 0.3) is 0 Å². The molecule has 6 heteroatoms. The molecule has 0 aliphatic rings. The molecule has 0 radical (unpaired) electrons. The highest BCUT2D eigenvalue weighted by Gasteiger charge is 2.30. The van der Waals surface area contributed by atoms with Gasteiger partial charge in [0.05, 0.1) is 5.56 Å². The lowest BCUT2D eigenvalue weighted by molar-refractivity contribution is -0.137. The lowest BCUT2D eigenvalue weighted by Gasteiger charge is -2.16. The van der Waals surface area contributed by atoms with E-state index in [1.807, 2.05) is 18.2 Å². The molecule has 0 aliphatic carbocycles. The second kappa shape index (κ2) is 8.05. The summed E-state index contributed by atoms with van der Waals surface area (Å²) in [4.78, 5) is 12.1. The van der Waals surface area contributed by atoms with Crippen molar-refractivity contribution in [1.82, 2.24) is 0 Å². The fourth-order valence-corrected chi connectivity index (χ4v) is 2.36. The van der Waals surface area contributed by atoms with Gasteiger partial charge in [0.25, 0.3) is 5.91 Å². The average molecular weight is 351 g/mol. The number of carbonyl (C=O) groups excluding carboxylic acids is 1. The molecule has 0 aliphatic heterocycles. The third-order valence-electron chi connectivity index (χ3n) is 3.91. The Bertz CT molecular complexity index is 729. The lowest BCUT2D eigenvalue weighted by atomic mass is 9.97. The van der Waals surface area contributed by atoms with E-state index in [0.29, 0.717) is 5.69 Å². The first kappa shape index (κ1) is 18.8. The van der Waals surface area contributed by atoms with Gasteiger partial charge in [0, 0.05) is 5.69 Å². The van der Waals surface area contributed by atoms with Crippen molar-refractivity contribution < 1.29 is 22.7 Å². The van der Waals surface area contributed by atoms with Crippen LogP contribution < -0.4 is 10.1 Å². The monoisotopic (exact) mass is 351 g/mol. The van der Waals surface area contributed by atoms with Crippen LogP contribution in [0.3, 0.4) is 0 Å². The maximum atomic E-state index is 12.7. The number of anilines is 1. The van der Waals surface area contributed by atoms with E-state index >= 15 is 0 Å². The summed E-state index contributed by atoms with van der Waals surface area (Å²) in [5.41, 5.74) is 0.888. The van der Waals surface area contributed by atoms with Crippen molar-refractivity contribution in [3.8, 4) is 5.75 Å². The van der Waals surface area contributed by atoms with Crippen molar-refractivity contribution in [2.75, 3.05) is 11.9 Å². The Hall–Kier alpha value is -2.50. The molecule has 0 saturated carbocycles. The van der Waals surface area contributed by atoms with Crippen molar-refractivity contribution in [2.45, 2.75) is 32.4 Å². The number of nitrogens with one attached hydrogen (secondary N) is 1. The molecule has 2 rings (SSSR count). The predicted octanol–water partition coefficient (Wildman–Crippen LogP) is 5.24. The number of rotatable bonds is 6. The van der Waals surface area contributed by atoms with Crippen LogP contribution in [0.5, 0.6) is 5.75 Å². The van der Waals surface area contributed by atoms with Crippen molar-refractivity contribution in [1.29, 1.82) is 0 Å². The number of benzene rings is 2. The molecule has 1 unspecified atom stereocenters. The smallest absolute Gasteiger partial charge is 0.416 e. The number of alkyl halides is 3. The zero-order chi connectivity index (χ0) is 18.4. The summed E-state index contributed by atoms with van der Waals surface area (Å²) in [6.07, 6.45) is -3.52. The molecular formula is C19H20F3NO2. The van der Waals surface area contributed by atoms with Gasteiger partial charge in [-0.1, -0.05) is 38.1 Å². The number of hydrogen-bond acceptors (Lipinski definition) is 2. The molecule has 2 aromatic carbocycles. The van der Waals surface area contributed by atoms with Crippen molar-refractivity contribution in [3.05, 3.63) is 59.7 Å². The van der Waals surface area contributed by atoms with E-state index in [9.17, 15) is 18.0 Å². The van der Waals surface area contributed by atoms with Crippen LogP contribution in [-0.4, -0.2) is 12.5 Å². The quantitative estimate of drug-likeness (QED) is 0.773. The van der Waals surface area contributed by atoms with Crippen molar-refractivity contribution in [2.24, 2.45) is 0 Å². The van der Waals surface area contributed by atoms with Gasteiger partial charge in [-0.25, -0.2) is 0 Å². The summed E-state index contributed by atoms with van der Waals surface area (Å²) in [6, 6.07) is 11.9. The van der Waals surface area contributed by atoms with Gasteiger partial charge in [0.2, 0.25) is 0 Å². The number of para-hydroxylation sites is 1. The fraction of sp³-hybridized carbons (Fsp3) is 0.316. The molecule has 1 N–H and O–H groups in total. The summed E-state index contributed by atoms with van der Waals surface area (Å²) in [7, 11) is 0. The van der Waals surface area contributed by atoms with Gasteiger partial charge in [-0.15, -0.1) is 0 Å². The molecule has 0 saturated heterocycles. The molecule has 0 aromatic heterocycles. The van der Waals surface area contributed by atoms with E-state index < -0.39 is 17.6 Å².